The number of benzene rings is 3. The van der Waals surface area contributed by atoms with E-state index in [9.17, 15) is 14.0 Å². The van der Waals surface area contributed by atoms with Gasteiger partial charge in [0, 0.05) is 33.9 Å². The van der Waals surface area contributed by atoms with Crippen molar-refractivity contribution in [1.82, 2.24) is 5.32 Å². The van der Waals surface area contributed by atoms with Crippen molar-refractivity contribution in [2.24, 2.45) is 0 Å². The molecule has 1 unspecified atom stereocenters. The van der Waals surface area contributed by atoms with Crippen LogP contribution in [0.1, 0.15) is 46.8 Å². The predicted molar refractivity (Wildman–Crippen MR) is 137 cm³/mol. The lowest BCUT2D eigenvalue weighted by Crippen LogP contribution is -2.29. The summed E-state index contributed by atoms with van der Waals surface area (Å²) in [5, 5.41) is 3.27. The maximum atomic E-state index is 14.1. The van der Waals surface area contributed by atoms with Gasteiger partial charge in [-0.2, -0.15) is 0 Å². The smallest absolute Gasteiger partial charge is 0.336 e. The standard InChI is InChI=1S/C30H26FNO5/c1-4-36-24-15-18(13-14-23(24)37-16-19-9-5-8-12-22(19)31)26-25(30(34)35-3)17(2)32-28-20-10-6-7-11-21(20)29(33)27(26)28/h5-15,26,32H,4,16H2,1-3H3. The molecule has 1 aliphatic carbocycles. The number of ketones is 1. The summed E-state index contributed by atoms with van der Waals surface area (Å²) in [5.41, 5.74) is 4.61. The third kappa shape index (κ3) is 4.27. The number of rotatable bonds is 7. The molecule has 0 radical (unpaired) electrons. The summed E-state index contributed by atoms with van der Waals surface area (Å²) < 4.78 is 31.0. The topological polar surface area (TPSA) is 73.9 Å². The molecule has 5 rings (SSSR count). The highest BCUT2D eigenvalue weighted by molar-refractivity contribution is 6.23. The van der Waals surface area contributed by atoms with E-state index in [1.54, 1.807) is 49.4 Å². The van der Waals surface area contributed by atoms with E-state index in [2.05, 4.69) is 5.32 Å². The molecule has 37 heavy (non-hydrogen) atoms. The van der Waals surface area contributed by atoms with Gasteiger partial charge in [0.1, 0.15) is 12.4 Å². The molecule has 1 heterocycles. The zero-order valence-corrected chi connectivity index (χ0v) is 20.8. The third-order valence-corrected chi connectivity index (χ3v) is 6.60. The normalized spacial score (nSPS) is 16.2. The molecule has 1 aliphatic heterocycles. The van der Waals surface area contributed by atoms with E-state index in [4.69, 9.17) is 14.2 Å². The fraction of sp³-hybridized carbons (Fsp3) is 0.200. The van der Waals surface area contributed by atoms with Gasteiger partial charge in [-0.1, -0.05) is 48.5 Å². The average Bonchev–Trinajstić information content (AvgIpc) is 3.19. The molecule has 188 valence electrons. The number of ether oxygens (including phenoxy) is 3. The van der Waals surface area contributed by atoms with Crippen molar-refractivity contribution in [2.75, 3.05) is 13.7 Å². The van der Waals surface area contributed by atoms with Crippen molar-refractivity contribution < 1.29 is 28.2 Å². The number of esters is 1. The van der Waals surface area contributed by atoms with Crippen LogP contribution in [-0.2, 0) is 16.1 Å². The second kappa shape index (κ2) is 9.93. The summed E-state index contributed by atoms with van der Waals surface area (Å²) in [5.74, 6) is -0.837. The maximum absolute atomic E-state index is 14.1. The zero-order chi connectivity index (χ0) is 26.1. The lowest BCUT2D eigenvalue weighted by Gasteiger charge is -2.29. The number of Topliss-reactive ketones (excluding diaryl/α,β-unsaturated/α-hetero) is 1. The van der Waals surface area contributed by atoms with E-state index in [-0.39, 0.29) is 18.2 Å². The highest BCUT2D eigenvalue weighted by Gasteiger charge is 2.43. The molecule has 0 aromatic heterocycles. The van der Waals surface area contributed by atoms with Crippen molar-refractivity contribution >= 4 is 17.4 Å². The minimum Gasteiger partial charge on any atom is -0.490 e. The number of methoxy groups -OCH3 is 1. The van der Waals surface area contributed by atoms with E-state index in [0.29, 0.717) is 57.3 Å². The van der Waals surface area contributed by atoms with E-state index in [0.717, 1.165) is 5.56 Å². The average molecular weight is 500 g/mol. The van der Waals surface area contributed by atoms with Gasteiger partial charge in [0.2, 0.25) is 0 Å². The van der Waals surface area contributed by atoms with Crippen LogP contribution in [0.25, 0.3) is 5.70 Å². The number of hydrogen-bond donors (Lipinski definition) is 1. The molecule has 0 bridgehead atoms. The van der Waals surface area contributed by atoms with Crippen molar-refractivity contribution in [3.05, 3.63) is 112 Å². The van der Waals surface area contributed by atoms with Gasteiger partial charge in [-0.3, -0.25) is 4.79 Å². The molecule has 0 saturated carbocycles. The lowest BCUT2D eigenvalue weighted by molar-refractivity contribution is -0.136. The van der Waals surface area contributed by atoms with Gasteiger partial charge in [0.15, 0.2) is 17.3 Å². The summed E-state index contributed by atoms with van der Waals surface area (Å²) in [6, 6.07) is 19.1. The number of nitrogens with one attached hydrogen (secondary N) is 1. The monoisotopic (exact) mass is 499 g/mol. The molecule has 2 aliphatic rings. The largest absolute Gasteiger partial charge is 0.490 e. The zero-order valence-electron chi connectivity index (χ0n) is 20.8. The predicted octanol–water partition coefficient (Wildman–Crippen LogP) is 5.54. The molecule has 1 atom stereocenters. The van der Waals surface area contributed by atoms with Crippen LogP contribution in [0.15, 0.2) is 83.6 Å². The summed E-state index contributed by atoms with van der Waals surface area (Å²) in [6.45, 7) is 4.03. The van der Waals surface area contributed by atoms with Crippen molar-refractivity contribution in [1.29, 1.82) is 0 Å². The second-order valence-electron chi connectivity index (χ2n) is 8.77. The van der Waals surface area contributed by atoms with Gasteiger partial charge < -0.3 is 19.5 Å². The van der Waals surface area contributed by atoms with E-state index in [1.165, 1.54) is 13.2 Å². The van der Waals surface area contributed by atoms with E-state index in [1.807, 2.05) is 25.1 Å². The summed E-state index contributed by atoms with van der Waals surface area (Å²) in [7, 11) is 1.32. The van der Waals surface area contributed by atoms with Gasteiger partial charge in [0.05, 0.1) is 25.0 Å². The fourth-order valence-electron chi connectivity index (χ4n) is 4.91. The molecule has 3 aromatic carbocycles. The first-order valence-electron chi connectivity index (χ1n) is 12.0. The Kier molecular flexibility index (Phi) is 6.53. The third-order valence-electron chi connectivity index (χ3n) is 6.60. The van der Waals surface area contributed by atoms with Crippen molar-refractivity contribution in [2.45, 2.75) is 26.4 Å². The molecule has 0 saturated heterocycles. The minimum absolute atomic E-state index is 0.0228. The van der Waals surface area contributed by atoms with Gasteiger partial charge in [-0.15, -0.1) is 0 Å². The second-order valence-corrected chi connectivity index (χ2v) is 8.77. The molecular formula is C30H26FNO5. The number of halogens is 1. The van der Waals surface area contributed by atoms with Crippen molar-refractivity contribution in [3.8, 4) is 11.5 Å². The molecule has 6 nitrogen and oxygen atoms in total. The Morgan fingerprint density at radius 2 is 1.70 bits per heavy atom. The molecule has 1 N–H and O–H groups in total. The van der Waals surface area contributed by atoms with Crippen molar-refractivity contribution in [3.63, 3.8) is 0 Å². The quantitative estimate of drug-likeness (QED) is 0.430. The fourth-order valence-corrected chi connectivity index (χ4v) is 4.91. The van der Waals surface area contributed by atoms with Gasteiger partial charge in [0.25, 0.3) is 0 Å². The Bertz CT molecular complexity index is 1470. The van der Waals surface area contributed by atoms with Crippen LogP contribution in [-0.4, -0.2) is 25.5 Å². The van der Waals surface area contributed by atoms with Crippen LogP contribution in [0.3, 0.4) is 0 Å². The number of dihydropyridines is 1. The highest BCUT2D eigenvalue weighted by Crippen LogP contribution is 2.48. The van der Waals surface area contributed by atoms with Gasteiger partial charge >= 0.3 is 5.97 Å². The van der Waals surface area contributed by atoms with Gasteiger partial charge in [-0.25, -0.2) is 9.18 Å². The first kappa shape index (κ1) is 24.3. The number of carbonyl (C=O) groups excluding carboxylic acids is 2. The first-order chi connectivity index (χ1) is 17.9. The van der Waals surface area contributed by atoms with Crippen LogP contribution < -0.4 is 14.8 Å². The maximum Gasteiger partial charge on any atom is 0.336 e. The van der Waals surface area contributed by atoms with Crippen LogP contribution in [0.4, 0.5) is 4.39 Å². The Labute approximate surface area is 214 Å². The van der Waals surface area contributed by atoms with Crippen LogP contribution in [0.2, 0.25) is 0 Å². The van der Waals surface area contributed by atoms with E-state index >= 15 is 0 Å². The molecule has 0 fully saturated rings. The Hall–Kier alpha value is -4.39. The molecule has 3 aromatic rings. The van der Waals surface area contributed by atoms with E-state index < -0.39 is 11.9 Å². The number of fused-ring (bicyclic) bond motifs is 2. The SMILES string of the molecule is CCOc1cc(C2C(C(=O)OC)=C(C)NC3=C2C(=O)c2ccccc23)ccc1OCc1ccccc1F. The Balaban J connectivity index is 1.58. The molecular weight excluding hydrogens is 473 g/mol. The Morgan fingerprint density at radius 1 is 0.973 bits per heavy atom. The lowest BCUT2D eigenvalue weighted by atomic mass is 9.79. The van der Waals surface area contributed by atoms with Crippen LogP contribution in [0.5, 0.6) is 11.5 Å². The molecule has 0 spiro atoms. The first-order valence-corrected chi connectivity index (χ1v) is 12.0. The summed E-state index contributed by atoms with van der Waals surface area (Å²) in [6.07, 6.45) is 0. The summed E-state index contributed by atoms with van der Waals surface area (Å²) in [4.78, 5) is 26.5. The number of allylic oxidation sites excluding steroid dienone is 2. The van der Waals surface area contributed by atoms with Crippen LogP contribution in [0, 0.1) is 5.82 Å². The number of carbonyl (C=O) groups is 2. The highest BCUT2D eigenvalue weighted by atomic mass is 19.1. The van der Waals surface area contributed by atoms with Crippen LogP contribution >= 0.6 is 0 Å². The summed E-state index contributed by atoms with van der Waals surface area (Å²) >= 11 is 0. The molecule has 7 heteroatoms. The number of hydrogen-bond acceptors (Lipinski definition) is 6. The Morgan fingerprint density at radius 3 is 2.43 bits per heavy atom. The van der Waals surface area contributed by atoms with Gasteiger partial charge in [-0.05, 0) is 37.6 Å². The molecule has 0 amide bonds. The minimum atomic E-state index is -0.677.